The topological polar surface area (TPSA) is 17.1 Å². The van der Waals surface area contributed by atoms with Crippen molar-refractivity contribution in [2.24, 2.45) is 0 Å². The van der Waals surface area contributed by atoms with Gasteiger partial charge in [0.25, 0.3) is 6.54 Å². The van der Waals surface area contributed by atoms with Crippen molar-refractivity contribution in [3.8, 4) is 0 Å². The van der Waals surface area contributed by atoms with Gasteiger partial charge in [-0.15, -0.1) is 0 Å². The van der Waals surface area contributed by atoms with E-state index in [0.717, 1.165) is 0 Å². The molecule has 0 unspecified atom stereocenters. The van der Waals surface area contributed by atoms with Crippen molar-refractivity contribution in [2.45, 2.75) is 53.9 Å². The van der Waals surface area contributed by atoms with Crippen LogP contribution in [0, 0.1) is 6.92 Å². The maximum absolute atomic E-state index is 9.61. The van der Waals surface area contributed by atoms with Crippen LogP contribution in [0.4, 0.5) is 4.39 Å². The molecule has 0 radical (unpaired) electrons. The fourth-order valence-corrected chi connectivity index (χ4v) is 1.87. The molecule has 0 aliphatic rings. The second-order valence-electron chi connectivity index (χ2n) is 3.80. The Morgan fingerprint density at radius 1 is 1.18 bits per heavy atom. The first-order valence-corrected chi connectivity index (χ1v) is 5.82. The molecule has 17 heavy (non-hydrogen) atoms. The lowest BCUT2D eigenvalue weighted by atomic mass is 9.95. The number of carbonyl (C=O) groups is 1. The van der Waals surface area contributed by atoms with Crippen LogP contribution in [-0.2, 0) is 17.6 Å². The second-order valence-corrected chi connectivity index (χ2v) is 3.80. The lowest BCUT2D eigenvalue weighted by Crippen LogP contribution is -1.96. The summed E-state index contributed by atoms with van der Waals surface area (Å²) in [5.41, 5.74) is 4.61. The summed E-state index contributed by atoms with van der Waals surface area (Å²) in [6.07, 6.45) is 4.97. The number of rotatable bonds is 4. The highest BCUT2D eigenvalue weighted by atomic mass is 19.1. The molecule has 1 aromatic rings. The van der Waals surface area contributed by atoms with Gasteiger partial charge in [0.2, 0.25) is 0 Å². The molecule has 1 rings (SSSR count). The molecule has 1 aromatic carbocycles. The predicted molar refractivity (Wildman–Crippen MR) is 73.8 cm³/mol. The van der Waals surface area contributed by atoms with E-state index >= 15 is 0 Å². The molecule has 0 saturated heterocycles. The highest BCUT2D eigenvalue weighted by Gasteiger charge is 2.02. The van der Waals surface area contributed by atoms with E-state index in [1.807, 2.05) is 0 Å². The average Bonchev–Trinajstić information content (AvgIpc) is 2.25. The maximum atomic E-state index is 9.61. The van der Waals surface area contributed by atoms with Crippen LogP contribution in [-0.4, -0.2) is 6.54 Å². The zero-order valence-electron chi connectivity index (χ0n) is 10.4. The summed E-state index contributed by atoms with van der Waals surface area (Å²) >= 11 is 0. The first-order valence-electron chi connectivity index (χ1n) is 5.82. The lowest BCUT2D eigenvalue weighted by Gasteiger charge is -2.10. The Labute approximate surface area is 105 Å². The number of carbonyl (C=O) groups excluding carboxylic acids is 1. The fourth-order valence-electron chi connectivity index (χ4n) is 1.87. The van der Waals surface area contributed by atoms with Crippen LogP contribution in [0.2, 0.25) is 0 Å². The largest absolute Gasteiger partial charge is 0.289 e. The summed E-state index contributed by atoms with van der Waals surface area (Å²) in [5, 5.41) is 0. The van der Waals surface area contributed by atoms with Gasteiger partial charge in [-0.3, -0.25) is 4.79 Å². The third kappa shape index (κ3) is 6.88. The highest BCUT2D eigenvalue weighted by Crippen LogP contribution is 2.17. The predicted octanol–water partition coefficient (Wildman–Crippen LogP) is 4.68. The summed E-state index contributed by atoms with van der Waals surface area (Å²) in [5.74, 6) is 0. The van der Waals surface area contributed by atoms with Crippen molar-refractivity contribution in [1.29, 1.82) is 0 Å². The lowest BCUT2D eigenvalue weighted by molar-refractivity contribution is 0.510. The van der Waals surface area contributed by atoms with E-state index in [0.29, 0.717) is 0 Å². The highest BCUT2D eigenvalue weighted by molar-refractivity contribution is 5.35. The van der Waals surface area contributed by atoms with Gasteiger partial charge in [0.05, 0.1) is 0 Å². The van der Waals surface area contributed by atoms with Gasteiger partial charge in [-0.25, -0.2) is 0 Å². The quantitative estimate of drug-likeness (QED) is 0.551. The number of halogens is 1. The molecular formula is C15H25FO. The molecule has 98 valence electrons. The molecule has 0 aliphatic carbocycles. The summed E-state index contributed by atoms with van der Waals surface area (Å²) in [7, 11) is 0. The van der Waals surface area contributed by atoms with Crippen LogP contribution < -0.4 is 0 Å². The van der Waals surface area contributed by atoms with E-state index in [9.17, 15) is 4.39 Å². The van der Waals surface area contributed by atoms with Crippen LogP contribution in [0.25, 0.3) is 0 Å². The van der Waals surface area contributed by atoms with E-state index in [4.69, 9.17) is 4.79 Å². The van der Waals surface area contributed by atoms with E-state index < -0.39 is 6.54 Å². The number of hydrogen-bond acceptors (Lipinski definition) is 1. The SMILES string of the molecule is C.CCCc1cccc(C)c1CCC.O=CF. The van der Waals surface area contributed by atoms with Crippen molar-refractivity contribution in [3.63, 3.8) is 0 Å². The Morgan fingerprint density at radius 3 is 2.18 bits per heavy atom. The maximum Gasteiger partial charge on any atom is 0.289 e. The number of aryl methyl sites for hydroxylation is 2. The smallest absolute Gasteiger partial charge is 0.265 e. The fraction of sp³-hybridized carbons (Fsp3) is 0.533. The molecule has 0 fully saturated rings. The normalized spacial score (nSPS) is 8.71. The Balaban J connectivity index is 0. The zero-order chi connectivity index (χ0) is 12.4. The van der Waals surface area contributed by atoms with E-state index in [2.05, 4.69) is 39.0 Å². The van der Waals surface area contributed by atoms with E-state index in [1.54, 1.807) is 11.1 Å². The zero-order valence-corrected chi connectivity index (χ0v) is 10.4. The molecule has 0 bridgehead atoms. The minimum absolute atomic E-state index is 0. The number of hydrogen-bond donors (Lipinski definition) is 0. The van der Waals surface area contributed by atoms with Crippen molar-refractivity contribution < 1.29 is 9.18 Å². The minimum atomic E-state index is -0.750. The third-order valence-corrected chi connectivity index (χ3v) is 2.53. The molecule has 1 nitrogen and oxygen atoms in total. The molecule has 0 aromatic heterocycles. The first kappa shape index (κ1) is 18.2. The summed E-state index contributed by atoms with van der Waals surface area (Å²) in [6, 6.07) is 6.69. The molecule has 0 heterocycles. The van der Waals surface area contributed by atoms with Crippen molar-refractivity contribution in [3.05, 3.63) is 34.9 Å². The van der Waals surface area contributed by atoms with Crippen molar-refractivity contribution in [2.75, 3.05) is 0 Å². The van der Waals surface area contributed by atoms with Crippen molar-refractivity contribution >= 4 is 6.54 Å². The molecule has 0 amide bonds. The van der Waals surface area contributed by atoms with Crippen LogP contribution in [0.15, 0.2) is 18.2 Å². The molecule has 2 heteroatoms. The molecule has 0 atom stereocenters. The molecule has 0 aliphatic heterocycles. The van der Waals surface area contributed by atoms with Gasteiger partial charge in [-0.1, -0.05) is 52.3 Å². The molecule has 0 saturated carbocycles. The Morgan fingerprint density at radius 2 is 1.71 bits per heavy atom. The average molecular weight is 240 g/mol. The van der Waals surface area contributed by atoms with E-state index in [1.165, 1.54) is 31.2 Å². The monoisotopic (exact) mass is 240 g/mol. The standard InChI is InChI=1S/C13H20.CHFO.CH4/c1-4-7-12-10-6-9-11(3)13(12)8-5-2;2-1-3;/h6,9-10H,4-5,7-8H2,1-3H3;1H;1H4. The van der Waals surface area contributed by atoms with Gasteiger partial charge < -0.3 is 0 Å². The summed E-state index contributed by atoms with van der Waals surface area (Å²) in [6.45, 7) is 5.98. The Bertz CT molecular complexity index is 308. The molecule has 0 spiro atoms. The minimum Gasteiger partial charge on any atom is -0.265 e. The van der Waals surface area contributed by atoms with Gasteiger partial charge in [-0.05, 0) is 36.5 Å². The van der Waals surface area contributed by atoms with Crippen molar-refractivity contribution in [1.82, 2.24) is 0 Å². The van der Waals surface area contributed by atoms with Gasteiger partial charge in [0.1, 0.15) is 0 Å². The molecular weight excluding hydrogens is 215 g/mol. The van der Waals surface area contributed by atoms with Gasteiger partial charge in [-0.2, -0.15) is 4.39 Å². The Hall–Kier alpha value is -1.18. The summed E-state index contributed by atoms with van der Waals surface area (Å²) in [4.78, 5) is 8.14. The Kier molecular flexibility index (Phi) is 12.1. The van der Waals surface area contributed by atoms with Gasteiger partial charge in [0.15, 0.2) is 0 Å². The molecule has 0 N–H and O–H groups in total. The third-order valence-electron chi connectivity index (χ3n) is 2.53. The van der Waals surface area contributed by atoms with Crippen LogP contribution >= 0.6 is 0 Å². The summed E-state index contributed by atoms with van der Waals surface area (Å²) < 4.78 is 9.61. The van der Waals surface area contributed by atoms with Crippen LogP contribution in [0.3, 0.4) is 0 Å². The second kappa shape index (κ2) is 11.3. The van der Waals surface area contributed by atoms with Crippen LogP contribution in [0.1, 0.15) is 50.8 Å². The first-order chi connectivity index (χ1) is 7.71. The van der Waals surface area contributed by atoms with Gasteiger partial charge >= 0.3 is 0 Å². The van der Waals surface area contributed by atoms with E-state index in [-0.39, 0.29) is 7.43 Å². The van der Waals surface area contributed by atoms with Gasteiger partial charge in [0, 0.05) is 0 Å². The number of benzene rings is 1. The van der Waals surface area contributed by atoms with Crippen LogP contribution in [0.5, 0.6) is 0 Å².